The number of hydrogen-bond donors (Lipinski definition) is 0. The molecule has 3 rings (SSSR count). The third-order valence-corrected chi connectivity index (χ3v) is 3.95. The number of piperazine rings is 1. The first kappa shape index (κ1) is 13.7. The van der Waals surface area contributed by atoms with E-state index in [1.54, 1.807) is 0 Å². The van der Waals surface area contributed by atoms with Gasteiger partial charge in [-0.3, -0.25) is 4.79 Å². The molecule has 0 saturated carbocycles. The SMILES string of the molecule is Cc1ccc(N2CCN(C(=O)c3cccn3C)CC2)nc1. The van der Waals surface area contributed by atoms with E-state index in [0.29, 0.717) is 0 Å². The molecule has 110 valence electrons. The van der Waals surface area contributed by atoms with Crippen LogP contribution in [0.5, 0.6) is 0 Å². The van der Waals surface area contributed by atoms with Crippen LogP contribution < -0.4 is 4.90 Å². The number of anilines is 1. The van der Waals surface area contributed by atoms with Gasteiger partial charge in [-0.15, -0.1) is 0 Å². The molecule has 0 bridgehead atoms. The Hall–Kier alpha value is -2.30. The van der Waals surface area contributed by atoms with Crippen LogP contribution in [0.15, 0.2) is 36.7 Å². The van der Waals surface area contributed by atoms with Crippen molar-refractivity contribution in [1.82, 2.24) is 14.5 Å². The van der Waals surface area contributed by atoms with E-state index < -0.39 is 0 Å². The Balaban J connectivity index is 1.64. The molecule has 0 N–H and O–H groups in total. The lowest BCUT2D eigenvalue weighted by Gasteiger charge is -2.35. The maximum Gasteiger partial charge on any atom is 0.270 e. The minimum absolute atomic E-state index is 0.110. The summed E-state index contributed by atoms with van der Waals surface area (Å²) in [5.74, 6) is 1.10. The van der Waals surface area contributed by atoms with Crippen LogP contribution in [0.4, 0.5) is 5.82 Å². The van der Waals surface area contributed by atoms with Gasteiger partial charge in [0.15, 0.2) is 0 Å². The number of aryl methyl sites for hydroxylation is 2. The minimum Gasteiger partial charge on any atom is -0.353 e. The fourth-order valence-corrected chi connectivity index (χ4v) is 2.63. The summed E-state index contributed by atoms with van der Waals surface area (Å²) in [6, 6.07) is 7.89. The van der Waals surface area contributed by atoms with Gasteiger partial charge in [0.05, 0.1) is 0 Å². The minimum atomic E-state index is 0.110. The molecule has 2 aromatic heterocycles. The van der Waals surface area contributed by atoms with Crippen LogP contribution in [-0.2, 0) is 7.05 Å². The normalized spacial score (nSPS) is 15.3. The van der Waals surface area contributed by atoms with E-state index >= 15 is 0 Å². The Bertz CT molecular complexity index is 624. The standard InChI is InChI=1S/C16H20N4O/c1-13-5-6-15(17-12-13)19-8-10-20(11-9-19)16(21)14-4-3-7-18(14)2/h3-7,12H,8-11H2,1-2H3. The monoisotopic (exact) mass is 284 g/mol. The number of aromatic nitrogens is 2. The molecule has 1 aliphatic rings. The van der Waals surface area contributed by atoms with Crippen molar-refractivity contribution >= 4 is 11.7 Å². The first-order valence-corrected chi connectivity index (χ1v) is 7.23. The van der Waals surface area contributed by atoms with Crippen molar-refractivity contribution in [2.24, 2.45) is 7.05 Å². The van der Waals surface area contributed by atoms with Crippen molar-refractivity contribution in [3.63, 3.8) is 0 Å². The number of pyridine rings is 1. The van der Waals surface area contributed by atoms with Gasteiger partial charge in [0, 0.05) is 45.6 Å². The molecule has 1 amide bonds. The van der Waals surface area contributed by atoms with Crippen molar-refractivity contribution in [3.05, 3.63) is 47.9 Å². The second-order valence-electron chi connectivity index (χ2n) is 5.48. The summed E-state index contributed by atoms with van der Waals surface area (Å²) in [5.41, 5.74) is 1.91. The Morgan fingerprint density at radius 1 is 1.14 bits per heavy atom. The molecule has 1 saturated heterocycles. The molecule has 3 heterocycles. The van der Waals surface area contributed by atoms with E-state index in [-0.39, 0.29) is 5.91 Å². The predicted molar refractivity (Wildman–Crippen MR) is 82.5 cm³/mol. The maximum absolute atomic E-state index is 12.4. The highest BCUT2D eigenvalue weighted by Gasteiger charge is 2.23. The summed E-state index contributed by atoms with van der Waals surface area (Å²) < 4.78 is 1.87. The number of carbonyl (C=O) groups excluding carboxylic acids is 1. The summed E-state index contributed by atoms with van der Waals surface area (Å²) in [7, 11) is 1.90. The highest BCUT2D eigenvalue weighted by atomic mass is 16.2. The molecule has 0 spiro atoms. The van der Waals surface area contributed by atoms with Crippen LogP contribution in [0.3, 0.4) is 0 Å². The highest BCUT2D eigenvalue weighted by Crippen LogP contribution is 2.15. The molecule has 2 aromatic rings. The molecule has 5 heteroatoms. The number of carbonyl (C=O) groups is 1. The average molecular weight is 284 g/mol. The second kappa shape index (κ2) is 5.60. The zero-order valence-electron chi connectivity index (χ0n) is 12.5. The molecular formula is C16H20N4O. The van der Waals surface area contributed by atoms with Gasteiger partial charge in [-0.05, 0) is 30.7 Å². The van der Waals surface area contributed by atoms with Gasteiger partial charge in [-0.2, -0.15) is 0 Å². The van der Waals surface area contributed by atoms with E-state index in [9.17, 15) is 4.79 Å². The summed E-state index contributed by atoms with van der Waals surface area (Å²) in [4.78, 5) is 21.0. The van der Waals surface area contributed by atoms with Gasteiger partial charge in [0.2, 0.25) is 0 Å². The van der Waals surface area contributed by atoms with Crippen LogP contribution >= 0.6 is 0 Å². The van der Waals surface area contributed by atoms with Crippen molar-refractivity contribution in [2.45, 2.75) is 6.92 Å². The van der Waals surface area contributed by atoms with Gasteiger partial charge in [0.25, 0.3) is 5.91 Å². The summed E-state index contributed by atoms with van der Waals surface area (Å²) in [6.07, 6.45) is 3.79. The Kier molecular flexibility index (Phi) is 3.64. The van der Waals surface area contributed by atoms with E-state index in [2.05, 4.69) is 16.0 Å². The van der Waals surface area contributed by atoms with E-state index in [1.165, 1.54) is 0 Å². The van der Waals surface area contributed by atoms with Crippen molar-refractivity contribution < 1.29 is 4.79 Å². The van der Waals surface area contributed by atoms with Crippen molar-refractivity contribution in [3.8, 4) is 0 Å². The lowest BCUT2D eigenvalue weighted by Crippen LogP contribution is -2.49. The molecule has 1 fully saturated rings. The molecule has 0 aliphatic carbocycles. The van der Waals surface area contributed by atoms with Gasteiger partial charge in [-0.1, -0.05) is 6.07 Å². The Morgan fingerprint density at radius 2 is 1.90 bits per heavy atom. The lowest BCUT2D eigenvalue weighted by atomic mass is 10.2. The second-order valence-corrected chi connectivity index (χ2v) is 5.48. The van der Waals surface area contributed by atoms with E-state index in [4.69, 9.17) is 0 Å². The average Bonchev–Trinajstić information content (AvgIpc) is 2.94. The number of nitrogens with zero attached hydrogens (tertiary/aromatic N) is 4. The van der Waals surface area contributed by atoms with Gasteiger partial charge in [-0.25, -0.2) is 4.98 Å². The van der Waals surface area contributed by atoms with Gasteiger partial charge >= 0.3 is 0 Å². The molecule has 0 atom stereocenters. The van der Waals surface area contributed by atoms with E-state index in [1.807, 2.05) is 54.0 Å². The maximum atomic E-state index is 12.4. The fraction of sp³-hybridized carbons (Fsp3) is 0.375. The largest absolute Gasteiger partial charge is 0.353 e. The van der Waals surface area contributed by atoms with Crippen LogP contribution in [-0.4, -0.2) is 46.5 Å². The Morgan fingerprint density at radius 3 is 2.48 bits per heavy atom. The molecule has 21 heavy (non-hydrogen) atoms. The van der Waals surface area contributed by atoms with Crippen molar-refractivity contribution in [1.29, 1.82) is 0 Å². The fourth-order valence-electron chi connectivity index (χ4n) is 2.63. The van der Waals surface area contributed by atoms with Crippen LogP contribution in [0.1, 0.15) is 16.1 Å². The van der Waals surface area contributed by atoms with Crippen molar-refractivity contribution in [2.75, 3.05) is 31.1 Å². The number of rotatable bonds is 2. The van der Waals surface area contributed by atoms with Gasteiger partial charge in [0.1, 0.15) is 11.5 Å². The first-order valence-electron chi connectivity index (χ1n) is 7.23. The molecule has 0 aromatic carbocycles. The number of hydrogen-bond acceptors (Lipinski definition) is 3. The molecule has 5 nitrogen and oxygen atoms in total. The summed E-state index contributed by atoms with van der Waals surface area (Å²) in [5, 5.41) is 0. The zero-order valence-corrected chi connectivity index (χ0v) is 12.5. The highest BCUT2D eigenvalue weighted by molar-refractivity contribution is 5.92. The first-order chi connectivity index (χ1) is 10.1. The Labute approximate surface area is 124 Å². The predicted octanol–water partition coefficient (Wildman–Crippen LogP) is 1.69. The zero-order chi connectivity index (χ0) is 14.8. The molecular weight excluding hydrogens is 264 g/mol. The third kappa shape index (κ3) is 2.77. The summed E-state index contributed by atoms with van der Waals surface area (Å²) in [6.45, 7) is 5.16. The molecule has 1 aliphatic heterocycles. The van der Waals surface area contributed by atoms with Gasteiger partial charge < -0.3 is 14.4 Å². The molecule has 0 radical (unpaired) electrons. The topological polar surface area (TPSA) is 41.4 Å². The third-order valence-electron chi connectivity index (χ3n) is 3.95. The van der Waals surface area contributed by atoms with Crippen LogP contribution in [0.25, 0.3) is 0 Å². The summed E-state index contributed by atoms with van der Waals surface area (Å²) >= 11 is 0. The quantitative estimate of drug-likeness (QED) is 0.842. The molecule has 0 unspecified atom stereocenters. The van der Waals surface area contributed by atoms with Crippen LogP contribution in [0.2, 0.25) is 0 Å². The lowest BCUT2D eigenvalue weighted by molar-refractivity contribution is 0.0737. The van der Waals surface area contributed by atoms with Crippen LogP contribution in [0, 0.1) is 6.92 Å². The van der Waals surface area contributed by atoms with E-state index in [0.717, 1.165) is 43.3 Å². The smallest absolute Gasteiger partial charge is 0.270 e. The number of amides is 1.